The van der Waals surface area contributed by atoms with Crippen molar-refractivity contribution >= 4 is 40.7 Å². The van der Waals surface area contributed by atoms with Crippen molar-refractivity contribution in [2.45, 2.75) is 12.0 Å². The van der Waals surface area contributed by atoms with Gasteiger partial charge in [-0.2, -0.15) is 4.98 Å². The number of carbonyl (C=O) groups excluding carboxylic acids is 1. The number of aliphatic hydroxyl groups excluding tert-OH is 1. The van der Waals surface area contributed by atoms with Gasteiger partial charge in [0.15, 0.2) is 5.65 Å². The number of amides is 1. The Balaban J connectivity index is 1.57. The highest BCUT2D eigenvalue weighted by molar-refractivity contribution is 6.34. The number of nitrogen functional groups attached to an aromatic ring is 1. The van der Waals surface area contributed by atoms with Crippen molar-refractivity contribution in [2.24, 2.45) is 0 Å². The van der Waals surface area contributed by atoms with E-state index in [4.69, 9.17) is 28.9 Å². The molecule has 34 heavy (non-hydrogen) atoms. The van der Waals surface area contributed by atoms with Crippen LogP contribution in [0.15, 0.2) is 54.7 Å². The lowest BCUT2D eigenvalue weighted by atomic mass is 10.0. The minimum Gasteiger partial charge on any atom is -0.382 e. The van der Waals surface area contributed by atoms with Gasteiger partial charge in [-0.3, -0.25) is 4.79 Å². The van der Waals surface area contributed by atoms with Gasteiger partial charge in [0.2, 0.25) is 5.95 Å². The standard InChI is InChI=1S/C22H16Cl2F3N5O2/c23-13-3-1-11(2-4-13)19(33)22(26,27)10-29-20(34)17-15(24)6-5-14(18(17)25)12-7-8-32-16(9-12)30-21(28)31-32/h1-9,19,33H,10H2,(H2,28,31)(H,29,34)/t19-/m1/s1. The quantitative estimate of drug-likeness (QED) is 0.354. The third kappa shape index (κ3) is 4.65. The van der Waals surface area contributed by atoms with Crippen LogP contribution in [0.1, 0.15) is 22.0 Å². The number of carbonyl (C=O) groups is 1. The first-order chi connectivity index (χ1) is 16.1. The molecular weight excluding hydrogens is 494 g/mol. The van der Waals surface area contributed by atoms with Gasteiger partial charge >= 0.3 is 0 Å². The molecule has 2 aromatic heterocycles. The summed E-state index contributed by atoms with van der Waals surface area (Å²) < 4.78 is 45.7. The van der Waals surface area contributed by atoms with Crippen molar-refractivity contribution in [3.05, 3.63) is 81.7 Å². The lowest BCUT2D eigenvalue weighted by Crippen LogP contribution is -2.41. The number of rotatable bonds is 6. The molecule has 12 heteroatoms. The Morgan fingerprint density at radius 3 is 2.59 bits per heavy atom. The van der Waals surface area contributed by atoms with Crippen LogP contribution in [0.3, 0.4) is 0 Å². The lowest BCUT2D eigenvalue weighted by Gasteiger charge is -2.23. The van der Waals surface area contributed by atoms with Gasteiger partial charge < -0.3 is 16.2 Å². The van der Waals surface area contributed by atoms with Crippen molar-refractivity contribution < 1.29 is 23.1 Å². The second-order valence-corrected chi connectivity index (χ2v) is 8.21. The van der Waals surface area contributed by atoms with E-state index in [0.717, 1.165) is 0 Å². The van der Waals surface area contributed by atoms with E-state index in [1.807, 2.05) is 5.32 Å². The number of nitrogens with zero attached hydrogens (tertiary/aromatic N) is 3. The van der Waals surface area contributed by atoms with Crippen LogP contribution in [0.2, 0.25) is 10.0 Å². The lowest BCUT2D eigenvalue weighted by molar-refractivity contribution is -0.106. The van der Waals surface area contributed by atoms with E-state index in [1.165, 1.54) is 59.2 Å². The van der Waals surface area contributed by atoms with Crippen molar-refractivity contribution in [1.29, 1.82) is 0 Å². The maximum absolute atomic E-state index is 15.3. The minimum absolute atomic E-state index is 0.00780. The summed E-state index contributed by atoms with van der Waals surface area (Å²) in [6.07, 6.45) is -0.723. The Bertz CT molecular complexity index is 1380. The first-order valence-electron chi connectivity index (χ1n) is 9.76. The van der Waals surface area contributed by atoms with Crippen molar-refractivity contribution in [3.8, 4) is 11.1 Å². The predicted molar refractivity (Wildman–Crippen MR) is 121 cm³/mol. The summed E-state index contributed by atoms with van der Waals surface area (Å²) in [5.74, 6) is -5.91. The zero-order chi connectivity index (χ0) is 24.6. The van der Waals surface area contributed by atoms with Crippen LogP contribution in [-0.4, -0.2) is 38.1 Å². The third-order valence-corrected chi connectivity index (χ3v) is 5.62. The maximum atomic E-state index is 15.3. The largest absolute Gasteiger partial charge is 0.382 e. The van der Waals surface area contributed by atoms with Gasteiger partial charge in [-0.05, 0) is 47.5 Å². The number of fused-ring (bicyclic) bond motifs is 1. The minimum atomic E-state index is -3.76. The normalized spacial score (nSPS) is 12.6. The van der Waals surface area contributed by atoms with E-state index >= 15 is 4.39 Å². The molecule has 176 valence electrons. The first kappa shape index (κ1) is 23.8. The highest BCUT2D eigenvalue weighted by Gasteiger charge is 2.40. The van der Waals surface area contributed by atoms with E-state index in [1.54, 1.807) is 0 Å². The molecule has 0 saturated carbocycles. The average molecular weight is 510 g/mol. The summed E-state index contributed by atoms with van der Waals surface area (Å²) in [5.41, 5.74) is 5.51. The van der Waals surface area contributed by atoms with Crippen molar-refractivity contribution in [3.63, 3.8) is 0 Å². The summed E-state index contributed by atoms with van der Waals surface area (Å²) in [4.78, 5) is 16.6. The molecule has 0 aliphatic rings. The zero-order valence-corrected chi connectivity index (χ0v) is 18.7. The van der Waals surface area contributed by atoms with Gasteiger partial charge in [0, 0.05) is 16.8 Å². The summed E-state index contributed by atoms with van der Waals surface area (Å²) in [5, 5.41) is 16.0. The van der Waals surface area contributed by atoms with Crippen LogP contribution in [0, 0.1) is 5.82 Å². The van der Waals surface area contributed by atoms with E-state index in [0.29, 0.717) is 16.2 Å². The number of benzene rings is 2. The SMILES string of the molecule is Nc1nc2cc(-c3ccc(Cl)c(C(=O)NCC(F)(F)[C@H](O)c4ccc(Cl)cc4)c3F)ccn2n1. The predicted octanol–water partition coefficient (Wildman–Crippen LogP) is 4.52. The van der Waals surface area contributed by atoms with Crippen LogP contribution in [-0.2, 0) is 0 Å². The number of nitrogens with one attached hydrogen (secondary N) is 1. The Morgan fingerprint density at radius 1 is 1.18 bits per heavy atom. The molecule has 4 rings (SSSR count). The molecule has 0 aliphatic carbocycles. The Labute approximate surface area is 200 Å². The van der Waals surface area contributed by atoms with Gasteiger partial charge in [0.25, 0.3) is 11.8 Å². The number of aliphatic hydroxyl groups is 1. The molecule has 0 unspecified atom stereocenters. The van der Waals surface area contributed by atoms with Gasteiger partial charge in [0.1, 0.15) is 11.9 Å². The molecule has 0 aliphatic heterocycles. The van der Waals surface area contributed by atoms with E-state index in [-0.39, 0.29) is 22.1 Å². The number of hydrogen-bond acceptors (Lipinski definition) is 5. The Hall–Kier alpha value is -3.34. The Morgan fingerprint density at radius 2 is 1.88 bits per heavy atom. The highest BCUT2D eigenvalue weighted by Crippen LogP contribution is 2.33. The van der Waals surface area contributed by atoms with Crippen LogP contribution in [0.25, 0.3) is 16.8 Å². The molecule has 2 heterocycles. The van der Waals surface area contributed by atoms with Crippen LogP contribution < -0.4 is 11.1 Å². The van der Waals surface area contributed by atoms with Gasteiger partial charge in [-0.1, -0.05) is 35.3 Å². The van der Waals surface area contributed by atoms with Crippen molar-refractivity contribution in [1.82, 2.24) is 19.9 Å². The molecule has 0 spiro atoms. The molecule has 1 amide bonds. The van der Waals surface area contributed by atoms with E-state index in [9.17, 15) is 18.7 Å². The smallest absolute Gasteiger partial charge is 0.294 e. The van der Waals surface area contributed by atoms with Crippen LogP contribution in [0.4, 0.5) is 19.1 Å². The molecule has 4 N–H and O–H groups in total. The highest BCUT2D eigenvalue weighted by atomic mass is 35.5. The summed E-state index contributed by atoms with van der Waals surface area (Å²) in [7, 11) is 0. The number of alkyl halides is 2. The molecule has 4 aromatic rings. The molecular formula is C22H16Cl2F3N5O2. The molecule has 0 saturated heterocycles. The average Bonchev–Trinajstić information content (AvgIpc) is 3.17. The van der Waals surface area contributed by atoms with Gasteiger partial charge in [-0.15, -0.1) is 5.10 Å². The third-order valence-electron chi connectivity index (χ3n) is 5.05. The van der Waals surface area contributed by atoms with E-state index < -0.39 is 35.9 Å². The zero-order valence-electron chi connectivity index (χ0n) is 17.1. The summed E-state index contributed by atoms with van der Waals surface area (Å²) in [6.45, 7) is -1.26. The fraction of sp³-hybridized carbons (Fsp3) is 0.136. The molecule has 0 fully saturated rings. The molecule has 7 nitrogen and oxygen atoms in total. The molecule has 2 aromatic carbocycles. The second-order valence-electron chi connectivity index (χ2n) is 7.37. The Kier molecular flexibility index (Phi) is 6.39. The topological polar surface area (TPSA) is 106 Å². The number of nitrogens with two attached hydrogens (primary N) is 1. The number of aromatic nitrogens is 3. The van der Waals surface area contributed by atoms with Crippen molar-refractivity contribution in [2.75, 3.05) is 12.3 Å². The molecule has 1 atom stereocenters. The monoisotopic (exact) mass is 509 g/mol. The molecule has 0 radical (unpaired) electrons. The fourth-order valence-electron chi connectivity index (χ4n) is 3.32. The maximum Gasteiger partial charge on any atom is 0.294 e. The van der Waals surface area contributed by atoms with E-state index in [2.05, 4.69) is 10.1 Å². The molecule has 0 bridgehead atoms. The van der Waals surface area contributed by atoms with Gasteiger partial charge in [-0.25, -0.2) is 17.7 Å². The number of halogens is 5. The number of pyridine rings is 1. The second kappa shape index (κ2) is 9.13. The number of hydrogen-bond donors (Lipinski definition) is 3. The summed E-state index contributed by atoms with van der Waals surface area (Å²) >= 11 is 11.7. The van der Waals surface area contributed by atoms with Crippen LogP contribution in [0.5, 0.6) is 0 Å². The van der Waals surface area contributed by atoms with Gasteiger partial charge in [0.05, 0.1) is 17.1 Å². The summed E-state index contributed by atoms with van der Waals surface area (Å²) in [6, 6.07) is 10.8. The fourth-order valence-corrected chi connectivity index (χ4v) is 3.68. The van der Waals surface area contributed by atoms with Crippen LogP contribution >= 0.6 is 23.2 Å². The number of anilines is 1. The first-order valence-corrected chi connectivity index (χ1v) is 10.5.